The van der Waals surface area contributed by atoms with Gasteiger partial charge in [-0.05, 0) is 27.7 Å². The Kier molecular flexibility index (Phi) is 4.52. The molecule has 1 unspecified atom stereocenters. The van der Waals surface area contributed by atoms with Crippen LogP contribution in [0, 0.1) is 0 Å². The Labute approximate surface area is 106 Å². The van der Waals surface area contributed by atoms with E-state index in [1.165, 1.54) is 0 Å². The summed E-state index contributed by atoms with van der Waals surface area (Å²) in [6.45, 7) is 7.39. The zero-order valence-electron chi connectivity index (χ0n) is 11.2. The Morgan fingerprint density at radius 1 is 1.44 bits per heavy atom. The first-order valence-corrected chi connectivity index (χ1v) is 5.85. The van der Waals surface area contributed by atoms with Crippen LogP contribution in [0.5, 0.6) is 0 Å². The summed E-state index contributed by atoms with van der Waals surface area (Å²) < 4.78 is 0. The van der Waals surface area contributed by atoms with Crippen LogP contribution >= 0.6 is 0 Å². The maximum atomic E-state index is 11.4. The number of nitrogens with zero attached hydrogens (tertiary/aromatic N) is 1. The first kappa shape index (κ1) is 14.3. The van der Waals surface area contributed by atoms with E-state index in [1.54, 1.807) is 0 Å². The normalized spacial score (nSPS) is 18.7. The maximum absolute atomic E-state index is 11.4. The summed E-state index contributed by atoms with van der Waals surface area (Å²) in [7, 11) is 0. The number of nitrogens with one attached hydrogen (secondary N) is 3. The molecule has 0 saturated heterocycles. The fourth-order valence-corrected chi connectivity index (χ4v) is 1.37. The largest absolute Gasteiger partial charge is 0.391 e. The van der Waals surface area contributed by atoms with Crippen molar-refractivity contribution in [1.82, 2.24) is 16.0 Å². The van der Waals surface area contributed by atoms with Crippen LogP contribution in [-0.4, -0.2) is 36.0 Å². The number of carbonyl (C=O) groups is 2. The van der Waals surface area contributed by atoms with Gasteiger partial charge in [-0.3, -0.25) is 10.1 Å². The molecule has 7 heteroatoms. The number of carbonyl (C=O) groups excluding carboxylic acids is 2. The number of oxime groups is 1. The highest BCUT2D eigenvalue weighted by molar-refractivity contribution is 5.98. The van der Waals surface area contributed by atoms with Crippen LogP contribution in [0.2, 0.25) is 0 Å². The van der Waals surface area contributed by atoms with Crippen molar-refractivity contribution >= 4 is 17.8 Å². The average molecular weight is 256 g/mol. The van der Waals surface area contributed by atoms with Gasteiger partial charge < -0.3 is 15.5 Å². The minimum Gasteiger partial charge on any atom is -0.391 e. The van der Waals surface area contributed by atoms with Crippen LogP contribution in [0.3, 0.4) is 0 Å². The van der Waals surface area contributed by atoms with Gasteiger partial charge in [0.25, 0.3) is 0 Å². The van der Waals surface area contributed by atoms with Gasteiger partial charge in [-0.1, -0.05) is 5.16 Å². The van der Waals surface area contributed by atoms with E-state index in [0.717, 1.165) is 0 Å². The van der Waals surface area contributed by atoms with E-state index in [1.807, 2.05) is 27.7 Å². The van der Waals surface area contributed by atoms with Crippen molar-refractivity contribution in [2.45, 2.75) is 45.8 Å². The highest BCUT2D eigenvalue weighted by atomic mass is 16.6. The zero-order chi connectivity index (χ0) is 13.8. The van der Waals surface area contributed by atoms with Gasteiger partial charge in [0.1, 0.15) is 6.10 Å². The number of hydrogen-bond acceptors (Lipinski definition) is 4. The number of amides is 3. The molecule has 0 bridgehead atoms. The van der Waals surface area contributed by atoms with E-state index in [-0.39, 0.29) is 24.1 Å². The van der Waals surface area contributed by atoms with Gasteiger partial charge in [-0.15, -0.1) is 0 Å². The summed E-state index contributed by atoms with van der Waals surface area (Å²) in [5, 5.41) is 11.4. The molecule has 1 aliphatic rings. The van der Waals surface area contributed by atoms with Gasteiger partial charge in [-0.25, -0.2) is 4.79 Å². The van der Waals surface area contributed by atoms with E-state index in [9.17, 15) is 9.59 Å². The monoisotopic (exact) mass is 256 g/mol. The number of hydrogen-bond donors (Lipinski definition) is 3. The zero-order valence-corrected chi connectivity index (χ0v) is 11.2. The highest BCUT2D eigenvalue weighted by Gasteiger charge is 2.19. The van der Waals surface area contributed by atoms with E-state index in [0.29, 0.717) is 12.3 Å². The molecule has 0 spiro atoms. The second-order valence-corrected chi connectivity index (χ2v) is 5.26. The third-order valence-corrected chi connectivity index (χ3v) is 2.01. The molecule has 1 rings (SSSR count). The standard InChI is InChI=1S/C11H20N4O3/c1-7-5-8(15-18-7)13-10(17)12-6-9(16)14-11(2,3)4/h7H,5-6H2,1-4H3,(H,14,16)(H2,12,13,15,17). The maximum Gasteiger partial charge on any atom is 0.320 e. The molecule has 0 aliphatic carbocycles. The lowest BCUT2D eigenvalue weighted by Crippen LogP contribution is -2.48. The minimum absolute atomic E-state index is 0.0236. The first-order chi connectivity index (χ1) is 8.26. The second-order valence-electron chi connectivity index (χ2n) is 5.26. The first-order valence-electron chi connectivity index (χ1n) is 5.85. The fraction of sp³-hybridized carbons (Fsp3) is 0.727. The van der Waals surface area contributed by atoms with Crippen LogP contribution in [0.15, 0.2) is 5.16 Å². The molecule has 1 atom stereocenters. The fourth-order valence-electron chi connectivity index (χ4n) is 1.37. The predicted molar refractivity (Wildman–Crippen MR) is 67.0 cm³/mol. The van der Waals surface area contributed by atoms with E-state index in [2.05, 4.69) is 21.1 Å². The summed E-state index contributed by atoms with van der Waals surface area (Å²) in [4.78, 5) is 27.8. The lowest BCUT2D eigenvalue weighted by Gasteiger charge is -2.20. The summed E-state index contributed by atoms with van der Waals surface area (Å²) in [5.41, 5.74) is -0.311. The van der Waals surface area contributed by atoms with Crippen LogP contribution in [0.1, 0.15) is 34.1 Å². The molecule has 3 N–H and O–H groups in total. The third kappa shape index (κ3) is 5.51. The summed E-state index contributed by atoms with van der Waals surface area (Å²) in [6.07, 6.45) is 0.534. The van der Waals surface area contributed by atoms with Crippen molar-refractivity contribution in [1.29, 1.82) is 0 Å². The number of amidine groups is 1. The quantitative estimate of drug-likeness (QED) is 0.664. The van der Waals surface area contributed by atoms with Gasteiger partial charge in [0.05, 0.1) is 6.54 Å². The van der Waals surface area contributed by atoms with E-state index in [4.69, 9.17) is 4.84 Å². The van der Waals surface area contributed by atoms with Crippen molar-refractivity contribution < 1.29 is 14.4 Å². The molecule has 3 amide bonds. The lowest BCUT2D eigenvalue weighted by atomic mass is 10.1. The molecule has 18 heavy (non-hydrogen) atoms. The number of urea groups is 1. The van der Waals surface area contributed by atoms with Crippen LogP contribution in [0.4, 0.5) is 4.79 Å². The Morgan fingerprint density at radius 3 is 2.61 bits per heavy atom. The molecular weight excluding hydrogens is 236 g/mol. The Hall–Kier alpha value is -1.79. The minimum atomic E-state index is -0.462. The van der Waals surface area contributed by atoms with Gasteiger partial charge in [0.2, 0.25) is 5.91 Å². The molecule has 0 radical (unpaired) electrons. The van der Waals surface area contributed by atoms with E-state index >= 15 is 0 Å². The van der Waals surface area contributed by atoms with Crippen molar-refractivity contribution in [3.8, 4) is 0 Å². The van der Waals surface area contributed by atoms with Gasteiger partial charge in [0.15, 0.2) is 5.84 Å². The SMILES string of the molecule is CC1CC(NC(=O)NCC(=O)NC(C)(C)C)=NO1. The molecule has 0 saturated carbocycles. The summed E-state index contributed by atoms with van der Waals surface area (Å²) >= 11 is 0. The van der Waals surface area contributed by atoms with Gasteiger partial charge in [-0.2, -0.15) is 0 Å². The van der Waals surface area contributed by atoms with Crippen molar-refractivity contribution in [3.63, 3.8) is 0 Å². The van der Waals surface area contributed by atoms with Crippen molar-refractivity contribution in [3.05, 3.63) is 0 Å². The number of rotatable bonds is 2. The van der Waals surface area contributed by atoms with Crippen LogP contribution in [0.25, 0.3) is 0 Å². The summed E-state index contributed by atoms with van der Waals surface area (Å²) in [5.74, 6) is 0.229. The smallest absolute Gasteiger partial charge is 0.320 e. The van der Waals surface area contributed by atoms with Gasteiger partial charge >= 0.3 is 6.03 Å². The molecule has 0 aromatic carbocycles. The van der Waals surface area contributed by atoms with Crippen molar-refractivity contribution in [2.75, 3.05) is 6.54 Å². The summed E-state index contributed by atoms with van der Waals surface area (Å²) in [6, 6.07) is -0.462. The van der Waals surface area contributed by atoms with Crippen LogP contribution in [-0.2, 0) is 9.63 Å². The third-order valence-electron chi connectivity index (χ3n) is 2.01. The predicted octanol–water partition coefficient (Wildman–Crippen LogP) is 0.323. The molecule has 7 nitrogen and oxygen atoms in total. The molecule has 1 heterocycles. The van der Waals surface area contributed by atoms with Crippen LogP contribution < -0.4 is 16.0 Å². The molecular formula is C11H20N4O3. The van der Waals surface area contributed by atoms with E-state index < -0.39 is 6.03 Å². The Bertz CT molecular complexity index is 360. The molecule has 0 aromatic heterocycles. The lowest BCUT2D eigenvalue weighted by molar-refractivity contribution is -0.121. The average Bonchev–Trinajstić information content (AvgIpc) is 2.58. The molecule has 102 valence electrons. The second kappa shape index (κ2) is 5.70. The Balaban J connectivity index is 2.23. The molecule has 0 aromatic rings. The highest BCUT2D eigenvalue weighted by Crippen LogP contribution is 2.06. The molecule has 0 fully saturated rings. The Morgan fingerprint density at radius 2 is 2.11 bits per heavy atom. The molecule has 1 aliphatic heterocycles. The topological polar surface area (TPSA) is 91.8 Å². The van der Waals surface area contributed by atoms with Crippen molar-refractivity contribution in [2.24, 2.45) is 5.16 Å². The van der Waals surface area contributed by atoms with Gasteiger partial charge in [0, 0.05) is 12.0 Å².